The lowest BCUT2D eigenvalue weighted by Crippen LogP contribution is -2.74. The van der Waals surface area contributed by atoms with Crippen LogP contribution in [0.1, 0.15) is 82.9 Å². The molecule has 16 heteroatoms. The van der Waals surface area contributed by atoms with Gasteiger partial charge in [0.05, 0.1) is 41.2 Å². The van der Waals surface area contributed by atoms with E-state index in [0.717, 1.165) is 21.7 Å². The largest absolute Gasteiger partial charge is 0.489 e. The number of piperidine rings is 1. The summed E-state index contributed by atoms with van der Waals surface area (Å²) in [6, 6.07) is 10.8. The molecule has 58 heavy (non-hydrogen) atoms. The monoisotopic (exact) mass is 806 g/mol. The highest BCUT2D eigenvalue weighted by Gasteiger charge is 2.64. The Bertz CT molecular complexity index is 2250. The molecule has 6 amide bonds. The van der Waals surface area contributed by atoms with E-state index in [-0.39, 0.29) is 54.5 Å². The number of halogens is 1. The van der Waals surface area contributed by atoms with Crippen molar-refractivity contribution in [3.8, 4) is 5.75 Å². The molecule has 8 rings (SSSR count). The first kappa shape index (κ1) is 39.0. The Morgan fingerprint density at radius 3 is 2.17 bits per heavy atom. The van der Waals surface area contributed by atoms with Gasteiger partial charge in [-0.05, 0) is 53.9 Å². The van der Waals surface area contributed by atoms with Gasteiger partial charge in [-0.2, -0.15) is 0 Å². The van der Waals surface area contributed by atoms with Gasteiger partial charge in [-0.3, -0.25) is 43.9 Å². The van der Waals surface area contributed by atoms with Gasteiger partial charge in [0.1, 0.15) is 23.6 Å². The fraction of sp³-hybridized carbons (Fsp3) is 0.429. The smallest absolute Gasteiger partial charge is 0.270 e. The van der Waals surface area contributed by atoms with E-state index >= 15 is 0 Å². The third-order valence-electron chi connectivity index (χ3n) is 12.3. The molecule has 2 aromatic carbocycles. The van der Waals surface area contributed by atoms with Crippen molar-refractivity contribution in [2.24, 2.45) is 10.8 Å². The van der Waals surface area contributed by atoms with Gasteiger partial charge in [0.15, 0.2) is 0 Å². The molecular weight excluding hydrogens is 764 g/mol. The van der Waals surface area contributed by atoms with E-state index in [9.17, 15) is 28.8 Å². The van der Waals surface area contributed by atoms with Gasteiger partial charge in [-0.1, -0.05) is 45.4 Å². The number of amides is 6. The van der Waals surface area contributed by atoms with Crippen molar-refractivity contribution < 1.29 is 33.5 Å². The number of hydrogen-bond donors (Lipinski definition) is 2. The normalized spacial score (nSPS) is 23.4. The molecule has 2 N–H and O–H groups in total. The van der Waals surface area contributed by atoms with Crippen LogP contribution < -0.4 is 20.3 Å². The molecule has 1 saturated carbocycles. The van der Waals surface area contributed by atoms with Crippen LogP contribution in [0.3, 0.4) is 0 Å². The number of piperazine rings is 1. The molecule has 3 fully saturated rings. The van der Waals surface area contributed by atoms with Crippen molar-refractivity contribution in [3.63, 3.8) is 0 Å². The minimum absolute atomic E-state index is 0.0161. The van der Waals surface area contributed by atoms with Gasteiger partial charge in [0.2, 0.25) is 23.4 Å². The second-order valence-electron chi connectivity index (χ2n) is 16.8. The zero-order valence-corrected chi connectivity index (χ0v) is 33.4. The zero-order chi connectivity index (χ0) is 41.3. The summed E-state index contributed by atoms with van der Waals surface area (Å²) in [6.07, 6.45) is 1.61. The highest BCUT2D eigenvalue weighted by molar-refractivity contribution is 6.33. The number of pyridine rings is 1. The summed E-state index contributed by atoms with van der Waals surface area (Å²) < 4.78 is 6.35. The first-order chi connectivity index (χ1) is 27.6. The van der Waals surface area contributed by atoms with Gasteiger partial charge in [0, 0.05) is 62.6 Å². The highest BCUT2D eigenvalue weighted by atomic mass is 35.5. The van der Waals surface area contributed by atoms with Crippen molar-refractivity contribution in [2.45, 2.75) is 71.8 Å². The second kappa shape index (κ2) is 14.5. The van der Waals surface area contributed by atoms with Crippen LogP contribution in [0.5, 0.6) is 5.75 Å². The Morgan fingerprint density at radius 1 is 0.948 bits per heavy atom. The first-order valence-corrected chi connectivity index (χ1v) is 19.7. The number of carbonyl (C=O) groups excluding carboxylic acids is 6. The summed E-state index contributed by atoms with van der Waals surface area (Å²) >= 11 is 6.24. The van der Waals surface area contributed by atoms with Crippen LogP contribution in [0.4, 0.5) is 11.4 Å². The number of nitrogens with zero attached hydrogens (tertiary/aromatic N) is 6. The molecule has 300 valence electrons. The minimum atomic E-state index is -1.02. The summed E-state index contributed by atoms with van der Waals surface area (Å²) in [6.45, 7) is 18.7. The second-order valence-corrected chi connectivity index (χ2v) is 17.2. The third-order valence-corrected chi connectivity index (χ3v) is 12.6. The maximum Gasteiger partial charge on any atom is 0.270 e. The molecule has 0 bridgehead atoms. The van der Waals surface area contributed by atoms with Crippen molar-refractivity contribution in [1.29, 1.82) is 0 Å². The molecule has 15 nitrogen and oxygen atoms in total. The van der Waals surface area contributed by atoms with Crippen LogP contribution in [0.25, 0.3) is 4.85 Å². The number of anilines is 1. The van der Waals surface area contributed by atoms with Gasteiger partial charge in [-0.15, -0.1) is 0 Å². The van der Waals surface area contributed by atoms with Gasteiger partial charge in [-0.25, -0.2) is 9.83 Å². The van der Waals surface area contributed by atoms with E-state index in [4.69, 9.17) is 22.9 Å². The number of ether oxygens (including phenoxy) is 1. The Balaban J connectivity index is 0.816. The van der Waals surface area contributed by atoms with E-state index in [1.165, 1.54) is 0 Å². The first-order valence-electron chi connectivity index (χ1n) is 19.3. The van der Waals surface area contributed by atoms with E-state index in [1.54, 1.807) is 42.6 Å². The molecule has 5 heterocycles. The number of fused-ring (bicyclic) bond motifs is 2. The van der Waals surface area contributed by atoms with Gasteiger partial charge < -0.3 is 19.9 Å². The fourth-order valence-electron chi connectivity index (χ4n) is 9.56. The molecule has 2 saturated heterocycles. The Hall–Kier alpha value is -5.85. The van der Waals surface area contributed by atoms with Crippen LogP contribution in [-0.4, -0.2) is 106 Å². The number of aromatic nitrogens is 1. The highest BCUT2D eigenvalue weighted by Crippen LogP contribution is 2.55. The van der Waals surface area contributed by atoms with E-state index in [0.29, 0.717) is 61.4 Å². The van der Waals surface area contributed by atoms with Crippen molar-refractivity contribution in [1.82, 2.24) is 30.3 Å². The van der Waals surface area contributed by atoms with Crippen molar-refractivity contribution in [2.75, 3.05) is 37.6 Å². The number of rotatable bonds is 8. The summed E-state index contributed by atoms with van der Waals surface area (Å²) in [5, 5.41) is 5.72. The lowest BCUT2D eigenvalue weighted by Gasteiger charge is -2.63. The lowest BCUT2D eigenvalue weighted by molar-refractivity contribution is -0.164. The maximum atomic E-state index is 13.4. The molecule has 0 radical (unpaired) electrons. The molecule has 0 spiro atoms. The standard InChI is InChI=1S/C42H43ClN8O7/c1-41(2)39(42(3,4)40(41)58-26-7-9-30(44-5)29(43)18-26)47-35(54)31-8-6-25(19-45-31)49-12-14-50(15-13-49)34(53)22-48-20-23-16-27-28(17-24(23)21-48)38(57)51(37(27)56)32-10-11-33(52)46-36(32)55/h6-9,16-19,32,39-40H,10-15,20-22H2,1-4H3,(H,47,54)(H,46,52,55). The van der Waals surface area contributed by atoms with E-state index < -0.39 is 40.5 Å². The Labute approximate surface area is 340 Å². The molecule has 1 aromatic heterocycles. The van der Waals surface area contributed by atoms with E-state index in [2.05, 4.69) is 25.4 Å². The molecule has 3 aromatic rings. The molecule has 4 aliphatic heterocycles. The van der Waals surface area contributed by atoms with Crippen LogP contribution in [-0.2, 0) is 27.5 Å². The topological polar surface area (TPSA) is 166 Å². The number of carbonyl (C=O) groups is 6. The van der Waals surface area contributed by atoms with Crippen LogP contribution in [0, 0.1) is 17.4 Å². The predicted molar refractivity (Wildman–Crippen MR) is 211 cm³/mol. The van der Waals surface area contributed by atoms with Crippen molar-refractivity contribution in [3.05, 3.63) is 93.0 Å². The average molecular weight is 807 g/mol. The molecule has 5 aliphatic rings. The predicted octanol–water partition coefficient (Wildman–Crippen LogP) is 3.96. The summed E-state index contributed by atoms with van der Waals surface area (Å²) in [4.78, 5) is 92.2. The number of imide groups is 2. The SMILES string of the molecule is [C-]#[N+]c1ccc(OC2C(C)(C)C(NC(=O)c3ccc(N4CCN(C(=O)CN5Cc6cc7c(cc6C5)C(=O)N(C5CCC(=O)NC5=O)C7=O)CC4)cn3)C2(C)C)cc1Cl. The average Bonchev–Trinajstić information content (AvgIpc) is 3.70. The molecule has 1 atom stereocenters. The summed E-state index contributed by atoms with van der Waals surface area (Å²) in [5.74, 6) is -1.89. The Morgan fingerprint density at radius 2 is 1.60 bits per heavy atom. The fourth-order valence-corrected chi connectivity index (χ4v) is 9.77. The lowest BCUT2D eigenvalue weighted by atomic mass is 9.49. The Kier molecular flexibility index (Phi) is 9.76. The minimum Gasteiger partial charge on any atom is -0.489 e. The summed E-state index contributed by atoms with van der Waals surface area (Å²) in [5.41, 5.74) is 2.88. The quantitative estimate of drug-likeness (QED) is 0.252. The number of hydrogen-bond acceptors (Lipinski definition) is 10. The maximum absolute atomic E-state index is 13.4. The summed E-state index contributed by atoms with van der Waals surface area (Å²) in [7, 11) is 0. The number of nitrogens with one attached hydrogen (secondary N) is 2. The van der Waals surface area contributed by atoms with Crippen LogP contribution in [0.15, 0.2) is 48.7 Å². The molecule has 1 aliphatic carbocycles. The molecular formula is C42H43ClN8O7. The van der Waals surface area contributed by atoms with Crippen molar-refractivity contribution >= 4 is 58.4 Å². The third kappa shape index (κ3) is 6.73. The number of benzene rings is 2. The van der Waals surface area contributed by atoms with E-state index in [1.807, 2.05) is 43.6 Å². The van der Waals surface area contributed by atoms with Gasteiger partial charge >= 0.3 is 0 Å². The zero-order valence-electron chi connectivity index (χ0n) is 32.6. The van der Waals surface area contributed by atoms with Crippen LogP contribution in [0.2, 0.25) is 5.02 Å². The molecule has 1 unspecified atom stereocenters. The van der Waals surface area contributed by atoms with Gasteiger partial charge in [0.25, 0.3) is 17.7 Å². The van der Waals surface area contributed by atoms with Crippen LogP contribution >= 0.6 is 11.6 Å².